The second kappa shape index (κ2) is 14.7. The maximum atomic E-state index is 5.13. The summed E-state index contributed by atoms with van der Waals surface area (Å²) >= 11 is 6.80. The number of hydrogen-bond donors (Lipinski definition) is 0. The van der Waals surface area contributed by atoms with Gasteiger partial charge in [-0.25, -0.2) is 0 Å². The van der Waals surface area contributed by atoms with E-state index in [1.54, 1.807) is 0 Å². The molecule has 0 aromatic heterocycles. The Morgan fingerprint density at radius 3 is 0.970 bits per heavy atom. The Hall–Kier alpha value is -0.598. The normalized spacial score (nSPS) is 12.7. The van der Waals surface area contributed by atoms with Crippen LogP contribution in [0.5, 0.6) is 0 Å². The van der Waals surface area contributed by atoms with Crippen molar-refractivity contribution in [1.82, 2.24) is 0 Å². The topological polar surface area (TPSA) is 24.7 Å². The fourth-order valence-electron chi connectivity index (χ4n) is 3.78. The van der Waals surface area contributed by atoms with Crippen molar-refractivity contribution in [2.24, 2.45) is 9.98 Å². The van der Waals surface area contributed by atoms with Crippen LogP contribution in [0.25, 0.3) is 0 Å². The Kier molecular flexibility index (Phi) is 13.6. The van der Waals surface area contributed by atoms with E-state index in [0.29, 0.717) is 37.6 Å². The predicted molar refractivity (Wildman–Crippen MR) is 153 cm³/mol. The molecule has 2 aromatic rings. The van der Waals surface area contributed by atoms with Crippen LogP contribution in [-0.2, 0) is 13.9 Å². The average molecular weight is 671 g/mol. The molecule has 2 aromatic carbocycles. The van der Waals surface area contributed by atoms with Gasteiger partial charge in [-0.2, -0.15) is 0 Å². The summed E-state index contributed by atoms with van der Waals surface area (Å²) in [5.74, 6) is 1.73. The van der Waals surface area contributed by atoms with Crippen molar-refractivity contribution >= 4 is 49.7 Å². The van der Waals surface area contributed by atoms with Gasteiger partial charge in [0.25, 0.3) is 0 Å². The number of hydrogen-bond acceptors (Lipinski definition) is 2. The molecule has 0 amide bonds. The molecular formula is C28H40Br2N2Pd. The molecule has 0 heterocycles. The summed E-state index contributed by atoms with van der Waals surface area (Å²) in [5.41, 5.74) is 9.43. The molecule has 0 fully saturated rings. The Balaban J connectivity index is 0.00000172. The third-order valence-corrected chi connectivity index (χ3v) is 5.77. The fourth-order valence-corrected chi connectivity index (χ4v) is 3.78. The van der Waals surface area contributed by atoms with Crippen LogP contribution < -0.4 is 0 Å². The molecule has 2 rings (SSSR count). The summed E-state index contributed by atoms with van der Waals surface area (Å²) in [6, 6.07) is 13.2. The molecule has 0 saturated heterocycles. The van der Waals surface area contributed by atoms with Gasteiger partial charge in [-0.15, -0.1) is 0 Å². The van der Waals surface area contributed by atoms with Crippen molar-refractivity contribution in [2.75, 3.05) is 0 Å². The molecule has 0 saturated carbocycles. The molecule has 186 valence electrons. The van der Waals surface area contributed by atoms with Gasteiger partial charge in [0.1, 0.15) is 0 Å². The van der Waals surface area contributed by atoms with Crippen molar-refractivity contribution in [3.05, 3.63) is 58.7 Å². The molecule has 33 heavy (non-hydrogen) atoms. The first-order chi connectivity index (χ1) is 15.5. The van der Waals surface area contributed by atoms with E-state index in [1.807, 2.05) is 0 Å². The van der Waals surface area contributed by atoms with Gasteiger partial charge in [-0.05, 0) is 59.8 Å². The van der Waals surface area contributed by atoms with Crippen molar-refractivity contribution in [3.8, 4) is 0 Å². The summed E-state index contributed by atoms with van der Waals surface area (Å²) in [7, 11) is 0. The number of para-hydroxylation sites is 2. The van der Waals surface area contributed by atoms with Gasteiger partial charge in [-0.3, -0.25) is 9.98 Å². The van der Waals surface area contributed by atoms with Crippen LogP contribution in [0.15, 0.2) is 46.4 Å². The first kappa shape index (κ1) is 30.4. The zero-order valence-corrected chi connectivity index (χ0v) is 26.5. The number of rotatable bonds is 7. The molecule has 0 aliphatic carbocycles. The molecule has 2 nitrogen and oxygen atoms in total. The van der Waals surface area contributed by atoms with Crippen LogP contribution in [-0.4, -0.2) is 11.4 Å². The number of halogens is 2. The van der Waals surface area contributed by atoms with Crippen molar-refractivity contribution < 1.29 is 13.9 Å². The van der Waals surface area contributed by atoms with E-state index in [9.17, 15) is 0 Å². The molecule has 0 radical (unpaired) electrons. The fraction of sp³-hybridized carbons (Fsp3) is 0.500. The minimum atomic E-state index is 0.432. The minimum absolute atomic E-state index is 0.432. The third kappa shape index (κ3) is 8.84. The van der Waals surface area contributed by atoms with Crippen LogP contribution in [0, 0.1) is 0 Å². The number of aliphatic imine (C=N–C) groups is 2. The molecule has 0 spiro atoms. The molecule has 5 heteroatoms. The van der Waals surface area contributed by atoms with E-state index in [0.717, 1.165) is 22.8 Å². The monoisotopic (exact) mass is 668 g/mol. The summed E-state index contributed by atoms with van der Waals surface area (Å²) in [6.45, 7) is 22.1. The molecule has 0 bridgehead atoms. The standard InChI is InChI=1S/C28H40N2.2BrH.Pd/c1-17(2)23-13-11-14-24(18(3)4)27(23)29-21(9)22(10)30-28-25(19(5)6)15-12-16-26(28)20(7)8;;;/h11-20H,1-10H3;2*1H;/q;;;+2/p-2. The van der Waals surface area contributed by atoms with Crippen molar-refractivity contribution in [3.63, 3.8) is 0 Å². The van der Waals surface area contributed by atoms with Gasteiger partial charge in [0, 0.05) is 0 Å². The Labute approximate surface area is 223 Å². The van der Waals surface area contributed by atoms with Crippen molar-refractivity contribution in [2.45, 2.75) is 92.9 Å². The molecule has 0 unspecified atom stereocenters. The van der Waals surface area contributed by atoms with E-state index in [-0.39, 0.29) is 0 Å². The van der Waals surface area contributed by atoms with E-state index >= 15 is 0 Å². The van der Waals surface area contributed by atoms with Gasteiger partial charge < -0.3 is 0 Å². The SMILES string of the molecule is CC(=Nc1c(C(C)C)cccc1C(C)C)C(C)=Nc1c(C(C)C)cccc1C(C)C.[Br][Pd][Br]. The van der Waals surface area contributed by atoms with Crippen molar-refractivity contribution in [1.29, 1.82) is 0 Å². The molecular weight excluding hydrogens is 631 g/mol. The summed E-state index contributed by atoms with van der Waals surface area (Å²) in [5, 5.41) is 0. The summed E-state index contributed by atoms with van der Waals surface area (Å²) < 4.78 is 0. The molecule has 0 aliphatic rings. The summed E-state index contributed by atoms with van der Waals surface area (Å²) in [4.78, 5) is 10.3. The predicted octanol–water partition coefficient (Wildman–Crippen LogP) is 10.8. The van der Waals surface area contributed by atoms with Gasteiger partial charge >= 0.3 is 40.8 Å². The quantitative estimate of drug-likeness (QED) is 0.207. The Bertz CT molecular complexity index is 830. The van der Waals surface area contributed by atoms with Gasteiger partial charge in [0.15, 0.2) is 0 Å². The number of benzene rings is 2. The van der Waals surface area contributed by atoms with Crippen LogP contribution in [0.4, 0.5) is 11.4 Å². The zero-order chi connectivity index (χ0) is 25.3. The Morgan fingerprint density at radius 1 is 0.576 bits per heavy atom. The van der Waals surface area contributed by atoms with E-state index in [4.69, 9.17) is 9.98 Å². The zero-order valence-electron chi connectivity index (χ0n) is 21.7. The van der Waals surface area contributed by atoms with E-state index < -0.39 is 0 Å². The van der Waals surface area contributed by atoms with Crippen LogP contribution in [0.3, 0.4) is 0 Å². The van der Waals surface area contributed by atoms with Crippen LogP contribution in [0.1, 0.15) is 115 Å². The molecule has 0 aliphatic heterocycles. The average Bonchev–Trinajstić information content (AvgIpc) is 2.73. The Morgan fingerprint density at radius 2 is 0.788 bits per heavy atom. The first-order valence-electron chi connectivity index (χ1n) is 11.6. The summed E-state index contributed by atoms with van der Waals surface area (Å²) in [6.07, 6.45) is 0. The van der Waals surface area contributed by atoms with Gasteiger partial charge in [-0.1, -0.05) is 91.8 Å². The van der Waals surface area contributed by atoms with Crippen LogP contribution >= 0.6 is 26.9 Å². The van der Waals surface area contributed by atoms with E-state index in [1.165, 1.54) is 22.3 Å². The number of nitrogens with zero attached hydrogens (tertiary/aromatic N) is 2. The van der Waals surface area contributed by atoms with Gasteiger partial charge in [0.2, 0.25) is 0 Å². The maximum absolute atomic E-state index is 5.13. The third-order valence-electron chi connectivity index (χ3n) is 5.77. The van der Waals surface area contributed by atoms with E-state index in [2.05, 4.69) is 132 Å². The second-order valence-electron chi connectivity index (χ2n) is 9.63. The van der Waals surface area contributed by atoms with Gasteiger partial charge in [0.05, 0.1) is 22.8 Å². The molecule has 0 N–H and O–H groups in total. The second-order valence-corrected chi connectivity index (χ2v) is 16.8. The van der Waals surface area contributed by atoms with Crippen LogP contribution in [0.2, 0.25) is 0 Å². The molecule has 0 atom stereocenters. The first-order valence-corrected chi connectivity index (χ1v) is 18.8.